The van der Waals surface area contributed by atoms with Crippen LogP contribution in [0, 0.1) is 19.8 Å². The van der Waals surface area contributed by atoms with Gasteiger partial charge in [-0.1, -0.05) is 63.2 Å². The number of rotatable bonds is 11. The van der Waals surface area contributed by atoms with E-state index in [-0.39, 0.29) is 18.4 Å². The van der Waals surface area contributed by atoms with Gasteiger partial charge >= 0.3 is 0 Å². The van der Waals surface area contributed by atoms with Gasteiger partial charge in [0, 0.05) is 13.1 Å². The number of benzene rings is 2. The van der Waals surface area contributed by atoms with Crippen LogP contribution >= 0.6 is 0 Å². The third-order valence-corrected chi connectivity index (χ3v) is 5.25. The summed E-state index contributed by atoms with van der Waals surface area (Å²) in [5.41, 5.74) is 3.19. The molecule has 0 radical (unpaired) electrons. The summed E-state index contributed by atoms with van der Waals surface area (Å²) < 4.78 is 5.86. The summed E-state index contributed by atoms with van der Waals surface area (Å²) in [4.78, 5) is 27.7. The summed E-state index contributed by atoms with van der Waals surface area (Å²) >= 11 is 0. The van der Waals surface area contributed by atoms with E-state index in [0.29, 0.717) is 37.6 Å². The van der Waals surface area contributed by atoms with E-state index >= 15 is 0 Å². The largest absolute Gasteiger partial charge is 0.483 e. The fraction of sp³-hybridized carbons (Fsp3) is 0.462. The molecule has 0 spiro atoms. The molecule has 0 heterocycles. The van der Waals surface area contributed by atoms with E-state index in [1.807, 2.05) is 69.3 Å². The number of hydrogen-bond acceptors (Lipinski definition) is 3. The Morgan fingerprint density at radius 1 is 1.06 bits per heavy atom. The highest BCUT2D eigenvalue weighted by atomic mass is 16.5. The van der Waals surface area contributed by atoms with Gasteiger partial charge in [0.2, 0.25) is 5.91 Å². The van der Waals surface area contributed by atoms with Crippen molar-refractivity contribution in [3.05, 3.63) is 65.2 Å². The van der Waals surface area contributed by atoms with Crippen LogP contribution in [0.1, 0.15) is 43.9 Å². The van der Waals surface area contributed by atoms with Gasteiger partial charge in [-0.25, -0.2) is 0 Å². The summed E-state index contributed by atoms with van der Waals surface area (Å²) in [7, 11) is 0. The van der Waals surface area contributed by atoms with E-state index in [2.05, 4.69) is 19.2 Å². The topological polar surface area (TPSA) is 58.6 Å². The molecule has 168 valence electrons. The van der Waals surface area contributed by atoms with Crippen LogP contribution in [-0.4, -0.2) is 42.5 Å². The molecule has 31 heavy (non-hydrogen) atoms. The van der Waals surface area contributed by atoms with Crippen molar-refractivity contribution in [2.75, 3.05) is 19.7 Å². The van der Waals surface area contributed by atoms with Gasteiger partial charge < -0.3 is 15.0 Å². The lowest BCUT2D eigenvalue weighted by Crippen LogP contribution is -2.51. The Bertz CT molecular complexity index is 849. The summed E-state index contributed by atoms with van der Waals surface area (Å²) in [6.45, 7) is 11.0. The van der Waals surface area contributed by atoms with Crippen LogP contribution in [0.3, 0.4) is 0 Å². The summed E-state index contributed by atoms with van der Waals surface area (Å²) in [5, 5.41) is 2.98. The van der Waals surface area contributed by atoms with Crippen molar-refractivity contribution in [3.8, 4) is 5.75 Å². The zero-order chi connectivity index (χ0) is 22.8. The molecule has 5 nitrogen and oxygen atoms in total. The molecule has 1 N–H and O–H groups in total. The van der Waals surface area contributed by atoms with E-state index in [1.165, 1.54) is 0 Å². The smallest absolute Gasteiger partial charge is 0.261 e. The van der Waals surface area contributed by atoms with Gasteiger partial charge in [0.1, 0.15) is 11.8 Å². The maximum Gasteiger partial charge on any atom is 0.261 e. The fourth-order valence-electron chi connectivity index (χ4n) is 3.40. The average Bonchev–Trinajstić information content (AvgIpc) is 2.76. The molecule has 0 aliphatic rings. The molecular formula is C26H36N2O3. The number of amides is 2. The van der Waals surface area contributed by atoms with Crippen LogP contribution < -0.4 is 10.1 Å². The maximum atomic E-state index is 13.2. The molecule has 0 aliphatic carbocycles. The normalized spacial score (nSPS) is 11.8. The van der Waals surface area contributed by atoms with Crippen molar-refractivity contribution in [2.24, 2.45) is 5.92 Å². The number of aryl methyl sites for hydroxylation is 2. The molecule has 2 aromatic carbocycles. The minimum Gasteiger partial charge on any atom is -0.483 e. The highest BCUT2D eigenvalue weighted by Gasteiger charge is 2.28. The van der Waals surface area contributed by atoms with Gasteiger partial charge in [-0.05, 0) is 55.4 Å². The van der Waals surface area contributed by atoms with E-state index in [9.17, 15) is 9.59 Å². The van der Waals surface area contributed by atoms with Crippen molar-refractivity contribution < 1.29 is 14.3 Å². The minimum atomic E-state index is -0.517. The van der Waals surface area contributed by atoms with Crippen LogP contribution in [0.2, 0.25) is 0 Å². The Labute approximate surface area is 186 Å². The molecule has 0 saturated heterocycles. The van der Waals surface area contributed by atoms with Gasteiger partial charge in [0.25, 0.3) is 5.91 Å². The quantitative estimate of drug-likeness (QED) is 0.585. The number of nitrogens with zero attached hydrogens (tertiary/aromatic N) is 1. The van der Waals surface area contributed by atoms with Crippen molar-refractivity contribution >= 4 is 11.8 Å². The zero-order valence-corrected chi connectivity index (χ0v) is 19.5. The van der Waals surface area contributed by atoms with Crippen molar-refractivity contribution in [1.29, 1.82) is 0 Å². The van der Waals surface area contributed by atoms with E-state index in [4.69, 9.17) is 4.74 Å². The molecular weight excluding hydrogens is 388 g/mol. The van der Waals surface area contributed by atoms with E-state index in [1.54, 1.807) is 4.90 Å². The number of ether oxygens (including phenoxy) is 1. The number of carbonyl (C=O) groups is 2. The Morgan fingerprint density at radius 3 is 2.42 bits per heavy atom. The predicted molar refractivity (Wildman–Crippen MR) is 125 cm³/mol. The number of hydrogen-bond donors (Lipinski definition) is 1. The molecule has 0 unspecified atom stereocenters. The Morgan fingerprint density at radius 2 is 1.77 bits per heavy atom. The number of carbonyl (C=O) groups excluding carboxylic acids is 2. The standard InChI is InChI=1S/C26H36N2O3/c1-6-23(26(30)27-17-19(2)3)28(15-14-22-10-8-7-9-11-22)25(29)18-31-24-16-20(4)12-13-21(24)5/h7-13,16,19,23H,6,14-15,17-18H2,1-5H3,(H,27,30)/t23-/m0/s1. The molecule has 2 rings (SSSR count). The van der Waals surface area contributed by atoms with Crippen LogP contribution in [-0.2, 0) is 16.0 Å². The van der Waals surface area contributed by atoms with E-state index in [0.717, 1.165) is 16.7 Å². The number of nitrogens with one attached hydrogen (secondary N) is 1. The lowest BCUT2D eigenvalue weighted by molar-refractivity contribution is -0.142. The first-order valence-electron chi connectivity index (χ1n) is 11.1. The van der Waals surface area contributed by atoms with Gasteiger partial charge in [0.15, 0.2) is 6.61 Å². The van der Waals surface area contributed by atoms with Gasteiger partial charge in [0.05, 0.1) is 0 Å². The first-order chi connectivity index (χ1) is 14.8. The maximum absolute atomic E-state index is 13.2. The Kier molecular flexibility index (Phi) is 9.57. The SMILES string of the molecule is CC[C@@H](C(=O)NCC(C)C)N(CCc1ccccc1)C(=O)COc1cc(C)ccc1C. The average molecular weight is 425 g/mol. The van der Waals surface area contributed by atoms with Gasteiger partial charge in [-0.2, -0.15) is 0 Å². The predicted octanol–water partition coefficient (Wildman–Crippen LogP) is 4.30. The second-order valence-corrected chi connectivity index (χ2v) is 8.44. The fourth-order valence-corrected chi connectivity index (χ4v) is 3.40. The molecule has 2 amide bonds. The third kappa shape index (κ3) is 7.74. The molecule has 5 heteroatoms. The van der Waals surface area contributed by atoms with Crippen molar-refractivity contribution in [1.82, 2.24) is 10.2 Å². The molecule has 0 aromatic heterocycles. The monoisotopic (exact) mass is 424 g/mol. The van der Waals surface area contributed by atoms with E-state index < -0.39 is 6.04 Å². The Hall–Kier alpha value is -2.82. The zero-order valence-electron chi connectivity index (χ0n) is 19.5. The van der Waals surface area contributed by atoms with Crippen LogP contribution in [0.5, 0.6) is 5.75 Å². The summed E-state index contributed by atoms with van der Waals surface area (Å²) in [6.07, 6.45) is 1.23. The van der Waals surface area contributed by atoms with Crippen LogP contribution in [0.25, 0.3) is 0 Å². The van der Waals surface area contributed by atoms with Crippen molar-refractivity contribution in [3.63, 3.8) is 0 Å². The van der Waals surface area contributed by atoms with Crippen molar-refractivity contribution in [2.45, 2.75) is 53.5 Å². The highest BCUT2D eigenvalue weighted by Crippen LogP contribution is 2.19. The summed E-state index contributed by atoms with van der Waals surface area (Å²) in [6, 6.07) is 15.4. The van der Waals surface area contributed by atoms with Gasteiger partial charge in [-0.3, -0.25) is 9.59 Å². The lowest BCUT2D eigenvalue weighted by Gasteiger charge is -2.31. The molecule has 0 saturated carbocycles. The van der Waals surface area contributed by atoms with Gasteiger partial charge in [-0.15, -0.1) is 0 Å². The van der Waals surface area contributed by atoms with Crippen LogP contribution in [0.15, 0.2) is 48.5 Å². The minimum absolute atomic E-state index is 0.0902. The lowest BCUT2D eigenvalue weighted by atomic mass is 10.1. The highest BCUT2D eigenvalue weighted by molar-refractivity contribution is 5.88. The summed E-state index contributed by atoms with van der Waals surface area (Å²) in [5.74, 6) is 0.768. The molecule has 0 bridgehead atoms. The second kappa shape index (κ2) is 12.1. The van der Waals surface area contributed by atoms with Crippen LogP contribution in [0.4, 0.5) is 0 Å². The first-order valence-corrected chi connectivity index (χ1v) is 11.1. The molecule has 2 aromatic rings. The third-order valence-electron chi connectivity index (χ3n) is 5.25. The first kappa shape index (κ1) is 24.4. The molecule has 1 atom stereocenters. The molecule has 0 fully saturated rings. The second-order valence-electron chi connectivity index (χ2n) is 8.44. The Balaban J connectivity index is 2.14. The molecule has 0 aliphatic heterocycles.